The van der Waals surface area contributed by atoms with Crippen LogP contribution in [0.5, 0.6) is 0 Å². The van der Waals surface area contributed by atoms with Crippen molar-refractivity contribution in [3.05, 3.63) is 0 Å². The number of rotatable bonds is 7. The summed E-state index contributed by atoms with van der Waals surface area (Å²) < 4.78 is 0. The Kier molecular flexibility index (Phi) is 7.01. The highest BCUT2D eigenvalue weighted by atomic mass is 15.3. The van der Waals surface area contributed by atoms with E-state index in [1.807, 2.05) is 0 Å². The average Bonchev–Trinajstić information content (AvgIpc) is 2.28. The Morgan fingerprint density at radius 3 is 2.19 bits per heavy atom. The maximum Gasteiger partial charge on any atom is 0.0167 e. The first kappa shape index (κ1) is 13.9. The molecule has 0 bridgehead atoms. The number of hydrogen-bond acceptors (Lipinski definition) is 3. The second kappa shape index (κ2) is 8.04. The molecular weight excluding hydrogens is 198 g/mol. The molecule has 0 spiro atoms. The maximum atomic E-state index is 6.07. The lowest BCUT2D eigenvalue weighted by Gasteiger charge is -2.35. The molecule has 0 aromatic rings. The molecule has 0 amide bonds. The molecule has 3 heteroatoms. The Bertz CT molecular complexity index is 165. The monoisotopic (exact) mass is 227 g/mol. The molecular formula is C13H29N3. The van der Waals surface area contributed by atoms with Gasteiger partial charge >= 0.3 is 0 Å². The molecule has 1 aliphatic rings. The smallest absolute Gasteiger partial charge is 0.0167 e. The van der Waals surface area contributed by atoms with E-state index in [1.54, 1.807) is 0 Å². The Balaban J connectivity index is 2.11. The fourth-order valence-electron chi connectivity index (χ4n) is 2.37. The summed E-state index contributed by atoms with van der Waals surface area (Å²) in [5, 5.41) is 0. The van der Waals surface area contributed by atoms with Crippen LogP contribution in [-0.2, 0) is 0 Å². The number of nitrogens with two attached hydrogens (primary N) is 1. The predicted octanol–water partition coefficient (Wildman–Crippen LogP) is 1.53. The fourth-order valence-corrected chi connectivity index (χ4v) is 2.37. The van der Waals surface area contributed by atoms with Crippen LogP contribution >= 0.6 is 0 Å². The van der Waals surface area contributed by atoms with Crippen molar-refractivity contribution in [2.75, 3.05) is 39.3 Å². The van der Waals surface area contributed by atoms with Crippen molar-refractivity contribution in [1.29, 1.82) is 0 Å². The third kappa shape index (κ3) is 5.28. The van der Waals surface area contributed by atoms with E-state index < -0.39 is 0 Å². The molecule has 2 N–H and O–H groups in total. The zero-order chi connectivity index (χ0) is 11.8. The highest BCUT2D eigenvalue weighted by molar-refractivity contribution is 4.75. The van der Waals surface area contributed by atoms with E-state index in [-0.39, 0.29) is 0 Å². The lowest BCUT2D eigenvalue weighted by molar-refractivity contribution is 0.125. The van der Waals surface area contributed by atoms with Crippen molar-refractivity contribution < 1.29 is 0 Å². The summed E-state index contributed by atoms with van der Waals surface area (Å²) in [5.74, 6) is 0. The van der Waals surface area contributed by atoms with Crippen molar-refractivity contribution in [2.24, 2.45) is 5.73 Å². The lowest BCUT2D eigenvalue weighted by Crippen LogP contribution is -2.49. The van der Waals surface area contributed by atoms with Crippen LogP contribution in [0.25, 0.3) is 0 Å². The second-order valence-electron chi connectivity index (χ2n) is 5.04. The van der Waals surface area contributed by atoms with Crippen LogP contribution < -0.4 is 5.73 Å². The van der Waals surface area contributed by atoms with Gasteiger partial charge in [0.1, 0.15) is 0 Å². The fraction of sp³-hybridized carbons (Fsp3) is 1.00. The van der Waals surface area contributed by atoms with E-state index in [9.17, 15) is 0 Å². The van der Waals surface area contributed by atoms with Gasteiger partial charge in [0, 0.05) is 38.8 Å². The molecule has 1 rings (SSSR count). The van der Waals surface area contributed by atoms with Crippen LogP contribution in [0.3, 0.4) is 0 Å². The van der Waals surface area contributed by atoms with Gasteiger partial charge in [0.15, 0.2) is 0 Å². The van der Waals surface area contributed by atoms with Gasteiger partial charge in [-0.25, -0.2) is 0 Å². The van der Waals surface area contributed by atoms with Crippen molar-refractivity contribution in [1.82, 2.24) is 9.80 Å². The molecule has 1 aliphatic heterocycles. The van der Waals surface area contributed by atoms with Crippen LogP contribution in [0.1, 0.15) is 39.5 Å². The van der Waals surface area contributed by atoms with E-state index >= 15 is 0 Å². The SMILES string of the molecule is CCCCN1CCN(CC(N)CCC)CC1. The molecule has 16 heavy (non-hydrogen) atoms. The normalized spacial score (nSPS) is 21.2. The average molecular weight is 227 g/mol. The molecule has 1 unspecified atom stereocenters. The van der Waals surface area contributed by atoms with Gasteiger partial charge in [-0.05, 0) is 19.4 Å². The molecule has 3 nitrogen and oxygen atoms in total. The summed E-state index contributed by atoms with van der Waals surface area (Å²) in [6.45, 7) is 11.7. The summed E-state index contributed by atoms with van der Waals surface area (Å²) in [6, 6.07) is 0.382. The summed E-state index contributed by atoms with van der Waals surface area (Å²) in [5.41, 5.74) is 6.07. The van der Waals surface area contributed by atoms with E-state index in [2.05, 4.69) is 23.6 Å². The quantitative estimate of drug-likeness (QED) is 0.716. The van der Waals surface area contributed by atoms with Crippen molar-refractivity contribution in [3.8, 4) is 0 Å². The van der Waals surface area contributed by atoms with E-state index in [1.165, 1.54) is 52.0 Å². The summed E-state index contributed by atoms with van der Waals surface area (Å²) in [7, 11) is 0. The predicted molar refractivity (Wildman–Crippen MR) is 70.7 cm³/mol. The molecule has 96 valence electrons. The molecule has 0 saturated carbocycles. The van der Waals surface area contributed by atoms with Crippen LogP contribution in [0.4, 0.5) is 0 Å². The van der Waals surface area contributed by atoms with Gasteiger partial charge < -0.3 is 10.6 Å². The van der Waals surface area contributed by atoms with Gasteiger partial charge in [-0.3, -0.25) is 4.90 Å². The van der Waals surface area contributed by atoms with Crippen molar-refractivity contribution in [3.63, 3.8) is 0 Å². The minimum absolute atomic E-state index is 0.382. The van der Waals surface area contributed by atoms with Crippen LogP contribution in [0.15, 0.2) is 0 Å². The number of hydrogen-bond donors (Lipinski definition) is 1. The summed E-state index contributed by atoms with van der Waals surface area (Å²) in [4.78, 5) is 5.12. The zero-order valence-corrected chi connectivity index (χ0v) is 11.1. The third-order valence-corrected chi connectivity index (χ3v) is 3.44. The van der Waals surface area contributed by atoms with Gasteiger partial charge in [0.05, 0.1) is 0 Å². The van der Waals surface area contributed by atoms with E-state index in [0.29, 0.717) is 6.04 Å². The first-order chi connectivity index (χ1) is 7.76. The van der Waals surface area contributed by atoms with E-state index in [0.717, 1.165) is 13.0 Å². The summed E-state index contributed by atoms with van der Waals surface area (Å²) >= 11 is 0. The number of nitrogens with zero attached hydrogens (tertiary/aromatic N) is 2. The Morgan fingerprint density at radius 1 is 1.00 bits per heavy atom. The minimum Gasteiger partial charge on any atom is -0.327 e. The number of piperazine rings is 1. The van der Waals surface area contributed by atoms with Gasteiger partial charge in [-0.1, -0.05) is 26.7 Å². The Labute approximate surface area is 101 Å². The Hall–Kier alpha value is -0.120. The summed E-state index contributed by atoms with van der Waals surface area (Å²) in [6.07, 6.45) is 5.02. The molecule has 0 aromatic carbocycles. The molecule has 1 heterocycles. The van der Waals surface area contributed by atoms with Gasteiger partial charge in [0.2, 0.25) is 0 Å². The first-order valence-electron chi connectivity index (χ1n) is 6.96. The van der Waals surface area contributed by atoms with Crippen molar-refractivity contribution >= 4 is 0 Å². The van der Waals surface area contributed by atoms with E-state index in [4.69, 9.17) is 5.73 Å². The third-order valence-electron chi connectivity index (χ3n) is 3.44. The second-order valence-corrected chi connectivity index (χ2v) is 5.04. The van der Waals surface area contributed by atoms with Crippen LogP contribution in [0.2, 0.25) is 0 Å². The minimum atomic E-state index is 0.382. The van der Waals surface area contributed by atoms with Gasteiger partial charge in [0.25, 0.3) is 0 Å². The standard InChI is InChI=1S/C13H29N3/c1-3-5-7-15-8-10-16(11-9-15)12-13(14)6-4-2/h13H,3-12,14H2,1-2H3. The van der Waals surface area contributed by atoms with Crippen LogP contribution in [0, 0.1) is 0 Å². The highest BCUT2D eigenvalue weighted by Gasteiger charge is 2.17. The largest absolute Gasteiger partial charge is 0.327 e. The molecule has 1 fully saturated rings. The molecule has 0 aliphatic carbocycles. The molecule has 1 atom stereocenters. The first-order valence-corrected chi connectivity index (χ1v) is 6.96. The van der Waals surface area contributed by atoms with Gasteiger partial charge in [-0.2, -0.15) is 0 Å². The number of unbranched alkanes of at least 4 members (excludes halogenated alkanes) is 1. The maximum absolute atomic E-state index is 6.07. The molecule has 0 aromatic heterocycles. The topological polar surface area (TPSA) is 32.5 Å². The molecule has 0 radical (unpaired) electrons. The van der Waals surface area contributed by atoms with Gasteiger partial charge in [-0.15, -0.1) is 0 Å². The van der Waals surface area contributed by atoms with Crippen LogP contribution in [-0.4, -0.2) is 55.1 Å². The van der Waals surface area contributed by atoms with Crippen molar-refractivity contribution in [2.45, 2.75) is 45.6 Å². The highest BCUT2D eigenvalue weighted by Crippen LogP contribution is 2.05. The Morgan fingerprint density at radius 2 is 1.62 bits per heavy atom. The lowest BCUT2D eigenvalue weighted by atomic mass is 10.1. The molecule has 1 saturated heterocycles. The zero-order valence-electron chi connectivity index (χ0n) is 11.1.